The predicted octanol–water partition coefficient (Wildman–Crippen LogP) is 2.56. The van der Waals surface area contributed by atoms with Crippen molar-refractivity contribution in [2.24, 2.45) is 10.4 Å². The van der Waals surface area contributed by atoms with Crippen LogP contribution in [0.1, 0.15) is 44.9 Å². The minimum absolute atomic E-state index is 0. The zero-order chi connectivity index (χ0) is 16.1. The Morgan fingerprint density at radius 1 is 1.29 bits per heavy atom. The second-order valence-corrected chi connectivity index (χ2v) is 7.72. The van der Waals surface area contributed by atoms with Crippen LogP contribution >= 0.6 is 24.0 Å². The Hall–Kier alpha value is -0.0800. The first-order valence-corrected chi connectivity index (χ1v) is 9.46. The molecule has 2 aliphatic heterocycles. The Kier molecular flexibility index (Phi) is 8.07. The minimum atomic E-state index is 0. The second kappa shape index (κ2) is 9.57. The van der Waals surface area contributed by atoms with Gasteiger partial charge < -0.3 is 19.9 Å². The number of hydrogen-bond donors (Lipinski definition) is 1. The summed E-state index contributed by atoms with van der Waals surface area (Å²) in [6.45, 7) is 6.18. The van der Waals surface area contributed by atoms with Crippen LogP contribution in [-0.4, -0.2) is 75.3 Å². The number of rotatable bonds is 4. The summed E-state index contributed by atoms with van der Waals surface area (Å²) >= 11 is 0. The van der Waals surface area contributed by atoms with Gasteiger partial charge in [-0.2, -0.15) is 0 Å². The van der Waals surface area contributed by atoms with Crippen LogP contribution in [0.25, 0.3) is 0 Å². The standard InChI is InChI=1S/C18H34N4O.HI/c1-19-17(22-11-8-18(14-22)9-13-23-15-18)20-10-12-21(2)16-6-4-3-5-7-16;/h16H,3-15H2,1-2H3,(H,19,20);1H. The van der Waals surface area contributed by atoms with Gasteiger partial charge in [-0.25, -0.2) is 0 Å². The van der Waals surface area contributed by atoms with Gasteiger partial charge in [0.2, 0.25) is 0 Å². The number of aliphatic imine (C=N–C) groups is 1. The van der Waals surface area contributed by atoms with E-state index in [1.54, 1.807) is 0 Å². The normalized spacial score (nSPS) is 28.6. The maximum absolute atomic E-state index is 5.63. The Morgan fingerprint density at radius 3 is 2.75 bits per heavy atom. The van der Waals surface area contributed by atoms with Gasteiger partial charge in [-0.1, -0.05) is 19.3 Å². The first-order valence-electron chi connectivity index (χ1n) is 9.46. The topological polar surface area (TPSA) is 40.1 Å². The van der Waals surface area contributed by atoms with E-state index in [9.17, 15) is 0 Å². The van der Waals surface area contributed by atoms with Gasteiger partial charge in [0.05, 0.1) is 6.61 Å². The molecule has 0 aromatic carbocycles. The van der Waals surface area contributed by atoms with Crippen molar-refractivity contribution in [1.82, 2.24) is 15.1 Å². The molecule has 3 fully saturated rings. The molecule has 3 rings (SSSR count). The van der Waals surface area contributed by atoms with E-state index in [0.717, 1.165) is 51.4 Å². The lowest BCUT2D eigenvalue weighted by atomic mass is 9.87. The van der Waals surface area contributed by atoms with E-state index in [1.165, 1.54) is 44.9 Å². The number of nitrogens with zero attached hydrogens (tertiary/aromatic N) is 3. The average molecular weight is 450 g/mol. The molecule has 1 spiro atoms. The van der Waals surface area contributed by atoms with Gasteiger partial charge in [-0.15, -0.1) is 24.0 Å². The third kappa shape index (κ3) is 4.97. The summed E-state index contributed by atoms with van der Waals surface area (Å²) in [7, 11) is 4.18. The van der Waals surface area contributed by atoms with Crippen LogP contribution in [0.5, 0.6) is 0 Å². The van der Waals surface area contributed by atoms with Gasteiger partial charge in [0.15, 0.2) is 5.96 Å². The van der Waals surface area contributed by atoms with Gasteiger partial charge >= 0.3 is 0 Å². The summed E-state index contributed by atoms with van der Waals surface area (Å²) in [6, 6.07) is 0.790. The maximum atomic E-state index is 5.63. The fourth-order valence-electron chi connectivity index (χ4n) is 4.47. The van der Waals surface area contributed by atoms with Gasteiger partial charge in [0.1, 0.15) is 0 Å². The zero-order valence-electron chi connectivity index (χ0n) is 15.4. The van der Waals surface area contributed by atoms with E-state index in [4.69, 9.17) is 4.74 Å². The van der Waals surface area contributed by atoms with Crippen molar-refractivity contribution in [3.8, 4) is 0 Å². The van der Waals surface area contributed by atoms with Gasteiger partial charge in [0, 0.05) is 51.3 Å². The molecule has 1 unspecified atom stereocenters. The molecule has 3 aliphatic rings. The van der Waals surface area contributed by atoms with Crippen molar-refractivity contribution >= 4 is 29.9 Å². The van der Waals surface area contributed by atoms with E-state index < -0.39 is 0 Å². The van der Waals surface area contributed by atoms with Crippen LogP contribution in [0.2, 0.25) is 0 Å². The summed E-state index contributed by atoms with van der Waals surface area (Å²) in [5, 5.41) is 3.58. The largest absolute Gasteiger partial charge is 0.381 e. The van der Waals surface area contributed by atoms with Crippen molar-refractivity contribution in [3.05, 3.63) is 0 Å². The van der Waals surface area contributed by atoms with Crippen molar-refractivity contribution in [2.45, 2.75) is 51.0 Å². The lowest BCUT2D eigenvalue weighted by Crippen LogP contribution is -2.45. The number of nitrogens with one attached hydrogen (secondary N) is 1. The van der Waals surface area contributed by atoms with Gasteiger partial charge in [-0.05, 0) is 32.7 Å². The molecule has 1 N–H and O–H groups in total. The Bertz CT molecular complexity index is 406. The van der Waals surface area contributed by atoms with Crippen molar-refractivity contribution < 1.29 is 4.74 Å². The van der Waals surface area contributed by atoms with E-state index >= 15 is 0 Å². The highest BCUT2D eigenvalue weighted by Gasteiger charge is 2.42. The molecule has 0 aromatic heterocycles. The second-order valence-electron chi connectivity index (χ2n) is 7.72. The molecule has 140 valence electrons. The number of ether oxygens (including phenoxy) is 1. The van der Waals surface area contributed by atoms with Crippen LogP contribution < -0.4 is 5.32 Å². The molecule has 5 nitrogen and oxygen atoms in total. The number of likely N-dealkylation sites (N-methyl/N-ethyl adjacent to an activating group) is 1. The number of hydrogen-bond acceptors (Lipinski definition) is 3. The van der Waals surface area contributed by atoms with Gasteiger partial charge in [0.25, 0.3) is 0 Å². The maximum Gasteiger partial charge on any atom is 0.193 e. The van der Waals surface area contributed by atoms with Gasteiger partial charge in [-0.3, -0.25) is 4.99 Å². The van der Waals surface area contributed by atoms with Crippen LogP contribution in [-0.2, 0) is 4.74 Å². The summed E-state index contributed by atoms with van der Waals surface area (Å²) in [5.41, 5.74) is 0.399. The Labute approximate surface area is 164 Å². The molecule has 2 saturated heterocycles. The highest BCUT2D eigenvalue weighted by molar-refractivity contribution is 14.0. The first-order chi connectivity index (χ1) is 11.2. The fourth-order valence-corrected chi connectivity index (χ4v) is 4.47. The average Bonchev–Trinajstić information content (AvgIpc) is 3.22. The fraction of sp³-hybridized carbons (Fsp3) is 0.944. The molecule has 0 amide bonds. The molecule has 6 heteroatoms. The smallest absolute Gasteiger partial charge is 0.193 e. The van der Waals surface area contributed by atoms with Crippen LogP contribution in [0.4, 0.5) is 0 Å². The SMILES string of the molecule is CN=C(NCCN(C)C1CCCCC1)N1CCC2(CCOC2)C1.I. The van der Waals surface area contributed by atoms with E-state index in [2.05, 4.69) is 27.2 Å². The molecule has 1 aliphatic carbocycles. The first kappa shape index (κ1) is 20.2. The van der Waals surface area contributed by atoms with Crippen molar-refractivity contribution in [1.29, 1.82) is 0 Å². The van der Waals surface area contributed by atoms with Crippen LogP contribution in [0, 0.1) is 5.41 Å². The van der Waals surface area contributed by atoms with E-state index in [-0.39, 0.29) is 24.0 Å². The van der Waals surface area contributed by atoms with Crippen LogP contribution in [0.15, 0.2) is 4.99 Å². The third-order valence-corrected chi connectivity index (χ3v) is 6.08. The van der Waals surface area contributed by atoms with Crippen LogP contribution in [0.3, 0.4) is 0 Å². The third-order valence-electron chi connectivity index (χ3n) is 6.08. The number of likely N-dealkylation sites (tertiary alicyclic amines) is 1. The number of guanidine groups is 1. The highest BCUT2D eigenvalue weighted by atomic mass is 127. The summed E-state index contributed by atoms with van der Waals surface area (Å²) < 4.78 is 5.63. The molecule has 0 aromatic rings. The molecule has 0 radical (unpaired) electrons. The lowest BCUT2D eigenvalue weighted by molar-refractivity contribution is 0.156. The number of halogens is 1. The Morgan fingerprint density at radius 2 is 2.08 bits per heavy atom. The Balaban J connectivity index is 0.00000208. The van der Waals surface area contributed by atoms with E-state index in [0.29, 0.717) is 5.41 Å². The monoisotopic (exact) mass is 450 g/mol. The molecular formula is C18H35IN4O. The molecule has 24 heavy (non-hydrogen) atoms. The predicted molar refractivity (Wildman–Crippen MR) is 110 cm³/mol. The lowest BCUT2D eigenvalue weighted by Gasteiger charge is -2.31. The molecule has 2 heterocycles. The van der Waals surface area contributed by atoms with E-state index in [1.807, 2.05) is 7.05 Å². The summed E-state index contributed by atoms with van der Waals surface area (Å²) in [5.74, 6) is 1.07. The highest BCUT2D eigenvalue weighted by Crippen LogP contribution is 2.38. The molecule has 1 saturated carbocycles. The molecule has 1 atom stereocenters. The quantitative estimate of drug-likeness (QED) is 0.406. The molecule has 0 bridgehead atoms. The zero-order valence-corrected chi connectivity index (χ0v) is 17.8. The van der Waals surface area contributed by atoms with Crippen molar-refractivity contribution in [3.63, 3.8) is 0 Å². The summed E-state index contributed by atoms with van der Waals surface area (Å²) in [4.78, 5) is 9.47. The molecular weight excluding hydrogens is 415 g/mol. The minimum Gasteiger partial charge on any atom is -0.381 e. The van der Waals surface area contributed by atoms with Crippen molar-refractivity contribution in [2.75, 3.05) is 53.5 Å². The summed E-state index contributed by atoms with van der Waals surface area (Å²) in [6.07, 6.45) is 9.44.